The number of likely N-dealkylation sites (tertiary alicyclic amines) is 1. The van der Waals surface area contributed by atoms with Gasteiger partial charge in [-0.2, -0.15) is 0 Å². The van der Waals surface area contributed by atoms with Crippen molar-refractivity contribution in [1.29, 1.82) is 0 Å². The highest BCUT2D eigenvalue weighted by Gasteiger charge is 2.26. The largest absolute Gasteiger partial charge is 0.489 e. The summed E-state index contributed by atoms with van der Waals surface area (Å²) in [5.41, 5.74) is 0. The molecule has 1 aliphatic rings. The standard InChI is InChI=1S/C13H14FNO2/c1-2-13(16)15-8-7-12(9-15)17-11-5-3-10(14)4-6-11/h2-6,12H,1,7-9H2/t12-/m0/s1. The summed E-state index contributed by atoms with van der Waals surface area (Å²) in [6.45, 7) is 4.69. The van der Waals surface area contributed by atoms with Crippen molar-refractivity contribution in [2.24, 2.45) is 0 Å². The molecule has 4 heteroatoms. The lowest BCUT2D eigenvalue weighted by molar-refractivity contribution is -0.125. The van der Waals surface area contributed by atoms with Crippen LogP contribution < -0.4 is 4.74 Å². The van der Waals surface area contributed by atoms with Gasteiger partial charge in [0.1, 0.15) is 17.7 Å². The predicted molar refractivity (Wildman–Crippen MR) is 62.2 cm³/mol. The summed E-state index contributed by atoms with van der Waals surface area (Å²) in [5, 5.41) is 0. The molecule has 0 aliphatic carbocycles. The van der Waals surface area contributed by atoms with Gasteiger partial charge in [-0.3, -0.25) is 4.79 Å². The molecule has 1 heterocycles. The highest BCUT2D eigenvalue weighted by Crippen LogP contribution is 2.18. The number of hydrogen-bond donors (Lipinski definition) is 0. The molecule has 1 fully saturated rings. The molecule has 3 nitrogen and oxygen atoms in total. The van der Waals surface area contributed by atoms with Crippen molar-refractivity contribution >= 4 is 5.91 Å². The van der Waals surface area contributed by atoms with Gasteiger partial charge in [-0.05, 0) is 30.3 Å². The molecule has 1 aromatic rings. The van der Waals surface area contributed by atoms with Crippen LogP contribution in [0.5, 0.6) is 5.75 Å². The van der Waals surface area contributed by atoms with E-state index in [1.165, 1.54) is 18.2 Å². The third-order valence-electron chi connectivity index (χ3n) is 2.75. The van der Waals surface area contributed by atoms with Gasteiger partial charge in [0.05, 0.1) is 6.54 Å². The normalized spacial score (nSPS) is 19.1. The van der Waals surface area contributed by atoms with Crippen molar-refractivity contribution in [3.63, 3.8) is 0 Å². The number of rotatable bonds is 3. The SMILES string of the molecule is C=CC(=O)N1CC[C@H](Oc2ccc(F)cc2)C1. The molecule has 0 spiro atoms. The zero-order valence-electron chi connectivity index (χ0n) is 9.43. The fraction of sp³-hybridized carbons (Fsp3) is 0.308. The summed E-state index contributed by atoms with van der Waals surface area (Å²) >= 11 is 0. The van der Waals surface area contributed by atoms with E-state index in [0.717, 1.165) is 6.42 Å². The van der Waals surface area contributed by atoms with Gasteiger partial charge < -0.3 is 9.64 Å². The number of hydrogen-bond acceptors (Lipinski definition) is 2. The monoisotopic (exact) mass is 235 g/mol. The molecule has 17 heavy (non-hydrogen) atoms. The second-order valence-electron chi connectivity index (χ2n) is 3.97. The topological polar surface area (TPSA) is 29.5 Å². The van der Waals surface area contributed by atoms with E-state index in [4.69, 9.17) is 4.74 Å². The van der Waals surface area contributed by atoms with Crippen LogP contribution in [0, 0.1) is 5.82 Å². The molecule has 1 amide bonds. The Morgan fingerprint density at radius 2 is 2.18 bits per heavy atom. The van der Waals surface area contributed by atoms with E-state index < -0.39 is 0 Å². The number of carbonyl (C=O) groups excluding carboxylic acids is 1. The summed E-state index contributed by atoms with van der Waals surface area (Å²) in [6, 6.07) is 5.90. The summed E-state index contributed by atoms with van der Waals surface area (Å²) in [7, 11) is 0. The van der Waals surface area contributed by atoms with Crippen molar-refractivity contribution in [2.45, 2.75) is 12.5 Å². The van der Waals surface area contributed by atoms with Crippen LogP contribution in [0.3, 0.4) is 0 Å². The van der Waals surface area contributed by atoms with Gasteiger partial charge in [0.2, 0.25) is 5.91 Å². The average Bonchev–Trinajstić information content (AvgIpc) is 2.80. The minimum Gasteiger partial charge on any atom is -0.489 e. The summed E-state index contributed by atoms with van der Waals surface area (Å²) in [6.07, 6.45) is 2.07. The second kappa shape index (κ2) is 4.99. The van der Waals surface area contributed by atoms with Crippen molar-refractivity contribution < 1.29 is 13.9 Å². The van der Waals surface area contributed by atoms with Crippen molar-refractivity contribution in [1.82, 2.24) is 4.90 Å². The lowest BCUT2D eigenvalue weighted by Gasteiger charge is -2.15. The maximum absolute atomic E-state index is 12.7. The minimum absolute atomic E-state index is 0.0237. The number of ether oxygens (including phenoxy) is 1. The first kappa shape index (κ1) is 11.6. The molecule has 0 aromatic heterocycles. The molecule has 1 aromatic carbocycles. The number of benzene rings is 1. The molecule has 0 unspecified atom stereocenters. The van der Waals surface area contributed by atoms with Crippen LogP contribution in [0.4, 0.5) is 4.39 Å². The predicted octanol–water partition coefficient (Wildman–Crippen LogP) is 1.99. The third-order valence-corrected chi connectivity index (χ3v) is 2.75. The van der Waals surface area contributed by atoms with E-state index in [0.29, 0.717) is 18.8 Å². The lowest BCUT2D eigenvalue weighted by Crippen LogP contribution is -2.29. The molecule has 0 N–H and O–H groups in total. The Balaban J connectivity index is 1.91. The van der Waals surface area contributed by atoms with Gasteiger partial charge in [-0.25, -0.2) is 4.39 Å². The quantitative estimate of drug-likeness (QED) is 0.750. The Morgan fingerprint density at radius 3 is 2.82 bits per heavy atom. The van der Waals surface area contributed by atoms with Crippen molar-refractivity contribution in [3.8, 4) is 5.75 Å². The maximum Gasteiger partial charge on any atom is 0.246 e. The summed E-state index contributed by atoms with van der Waals surface area (Å²) in [5.74, 6) is 0.270. The average molecular weight is 235 g/mol. The highest BCUT2D eigenvalue weighted by atomic mass is 19.1. The van der Waals surface area contributed by atoms with Gasteiger partial charge in [-0.15, -0.1) is 0 Å². The van der Waals surface area contributed by atoms with Crippen molar-refractivity contribution in [2.75, 3.05) is 13.1 Å². The third kappa shape index (κ3) is 2.84. The summed E-state index contributed by atoms with van der Waals surface area (Å²) in [4.78, 5) is 13.1. The number of halogens is 1. The van der Waals surface area contributed by atoms with Crippen LogP contribution in [0.25, 0.3) is 0 Å². The van der Waals surface area contributed by atoms with Gasteiger partial charge in [0.15, 0.2) is 0 Å². The highest BCUT2D eigenvalue weighted by molar-refractivity contribution is 5.87. The second-order valence-corrected chi connectivity index (χ2v) is 3.97. The molecule has 1 saturated heterocycles. The maximum atomic E-state index is 12.7. The van der Waals surface area contributed by atoms with Gasteiger partial charge in [-0.1, -0.05) is 6.58 Å². The molecule has 1 aliphatic heterocycles. The lowest BCUT2D eigenvalue weighted by atomic mass is 10.3. The Morgan fingerprint density at radius 1 is 1.47 bits per heavy atom. The number of nitrogens with zero attached hydrogens (tertiary/aromatic N) is 1. The van der Waals surface area contributed by atoms with E-state index in [1.54, 1.807) is 17.0 Å². The van der Waals surface area contributed by atoms with E-state index >= 15 is 0 Å². The number of carbonyl (C=O) groups is 1. The Labute approximate surface area is 99.5 Å². The van der Waals surface area contributed by atoms with Crippen LogP contribution in [0.2, 0.25) is 0 Å². The van der Waals surface area contributed by atoms with E-state index in [1.807, 2.05) is 0 Å². The number of amides is 1. The van der Waals surface area contributed by atoms with Gasteiger partial charge in [0, 0.05) is 13.0 Å². The van der Waals surface area contributed by atoms with E-state index in [2.05, 4.69) is 6.58 Å². The first-order valence-electron chi connectivity index (χ1n) is 5.52. The smallest absolute Gasteiger partial charge is 0.246 e. The molecule has 0 saturated carbocycles. The first-order chi connectivity index (χ1) is 8.19. The minimum atomic E-state index is -0.285. The van der Waals surface area contributed by atoms with E-state index in [9.17, 15) is 9.18 Å². The van der Waals surface area contributed by atoms with Crippen LogP contribution in [0.1, 0.15) is 6.42 Å². The van der Waals surface area contributed by atoms with Gasteiger partial charge in [0.25, 0.3) is 0 Å². The Hall–Kier alpha value is -1.84. The fourth-order valence-electron chi connectivity index (χ4n) is 1.86. The molecular formula is C13H14FNO2. The van der Waals surface area contributed by atoms with Crippen LogP contribution in [0.15, 0.2) is 36.9 Å². The first-order valence-corrected chi connectivity index (χ1v) is 5.52. The molecular weight excluding hydrogens is 221 g/mol. The zero-order valence-corrected chi connectivity index (χ0v) is 9.43. The van der Waals surface area contributed by atoms with Crippen LogP contribution in [-0.4, -0.2) is 30.0 Å². The van der Waals surface area contributed by atoms with E-state index in [-0.39, 0.29) is 17.8 Å². The Bertz CT molecular complexity index is 416. The molecule has 2 rings (SSSR count). The van der Waals surface area contributed by atoms with Crippen LogP contribution >= 0.6 is 0 Å². The summed E-state index contributed by atoms with van der Waals surface area (Å²) < 4.78 is 18.4. The molecule has 1 atom stereocenters. The molecule has 0 bridgehead atoms. The molecule has 90 valence electrons. The molecule has 0 radical (unpaired) electrons. The van der Waals surface area contributed by atoms with Crippen LogP contribution in [-0.2, 0) is 4.79 Å². The fourth-order valence-corrected chi connectivity index (χ4v) is 1.86. The zero-order chi connectivity index (χ0) is 12.3. The van der Waals surface area contributed by atoms with Gasteiger partial charge >= 0.3 is 0 Å². The Kier molecular flexibility index (Phi) is 3.42. The van der Waals surface area contributed by atoms with Crippen molar-refractivity contribution in [3.05, 3.63) is 42.7 Å².